The Morgan fingerprint density at radius 2 is 1.60 bits per heavy atom. The van der Waals surface area contributed by atoms with Crippen molar-refractivity contribution in [3.8, 4) is 0 Å². The Hall–Kier alpha value is -0.530. The second-order valence-electron chi connectivity index (χ2n) is 3.78. The summed E-state index contributed by atoms with van der Waals surface area (Å²) in [7, 11) is -2.77. The molecule has 1 unspecified atom stereocenters. The first-order valence-corrected chi connectivity index (χ1v) is 9.15. The Kier molecular flexibility index (Phi) is 8.46. The van der Waals surface area contributed by atoms with E-state index in [1.165, 1.54) is 0 Å². The van der Waals surface area contributed by atoms with Crippen LogP contribution in [0, 0.1) is 0 Å². The molecule has 0 amide bonds. The highest BCUT2D eigenvalue weighted by atomic mass is 33.1. The molecule has 0 rings (SSSR count). The zero-order chi connectivity index (χ0) is 15.9. The highest BCUT2D eigenvalue weighted by Crippen LogP contribution is 2.33. The molecule has 0 radical (unpaired) electrons. The molecule has 9 nitrogen and oxygen atoms in total. The first-order chi connectivity index (χ1) is 9.05. The van der Waals surface area contributed by atoms with Gasteiger partial charge < -0.3 is 21.7 Å². The largest absolute Gasteiger partial charge is 0.480 e. The first kappa shape index (κ1) is 19.5. The quantitative estimate of drug-likeness (QED) is 0.189. The Labute approximate surface area is 123 Å². The van der Waals surface area contributed by atoms with Gasteiger partial charge in [0.05, 0.1) is 0 Å². The summed E-state index contributed by atoms with van der Waals surface area (Å²) in [5.41, 5.74) is 10.5. The van der Waals surface area contributed by atoms with Crippen molar-refractivity contribution in [2.45, 2.75) is 29.5 Å². The zero-order valence-electron chi connectivity index (χ0n) is 10.2. The van der Waals surface area contributed by atoms with Crippen LogP contribution in [0.4, 0.5) is 0 Å². The first-order valence-electron chi connectivity index (χ1n) is 5.27. The summed E-state index contributed by atoms with van der Waals surface area (Å²) < 4.78 is 29.7. The van der Waals surface area contributed by atoms with Gasteiger partial charge in [-0.1, -0.05) is 21.6 Å². The minimum absolute atomic E-state index is 0.107. The molecule has 0 aliphatic rings. The molecule has 0 fully saturated rings. The summed E-state index contributed by atoms with van der Waals surface area (Å²) in [4.78, 5) is 21.0. The van der Waals surface area contributed by atoms with E-state index in [0.29, 0.717) is 10.8 Å². The molecule has 3 atom stereocenters. The fraction of sp³-hybridized carbons (Fsp3) is 0.750. The summed E-state index contributed by atoms with van der Waals surface area (Å²) in [6, 6.07) is -2.48. The number of carbonyl (C=O) groups is 2. The molecule has 0 spiro atoms. The van der Waals surface area contributed by atoms with E-state index in [4.69, 9.17) is 26.2 Å². The molecular formula is C8H16N2O7S3. The summed E-state index contributed by atoms with van der Waals surface area (Å²) in [6.45, 7) is 0. The number of nitrogens with two attached hydrogens (primary N) is 2. The predicted octanol–water partition coefficient (Wildman–Crippen LogP) is -0.814. The average molecular weight is 348 g/mol. The van der Waals surface area contributed by atoms with Gasteiger partial charge in [0.2, 0.25) is 0 Å². The van der Waals surface area contributed by atoms with Gasteiger partial charge in [0.1, 0.15) is 16.7 Å². The van der Waals surface area contributed by atoms with Crippen molar-refractivity contribution in [1.82, 2.24) is 0 Å². The topological polar surface area (TPSA) is 181 Å². The Balaban J connectivity index is 4.33. The molecule has 0 aromatic rings. The van der Waals surface area contributed by atoms with Crippen LogP contribution in [0.2, 0.25) is 0 Å². The monoisotopic (exact) mass is 348 g/mol. The zero-order valence-corrected chi connectivity index (χ0v) is 12.7. The molecule has 0 aromatic heterocycles. The van der Waals surface area contributed by atoms with Gasteiger partial charge in [-0.3, -0.25) is 14.1 Å². The van der Waals surface area contributed by atoms with Gasteiger partial charge in [0.25, 0.3) is 10.1 Å². The van der Waals surface area contributed by atoms with Crippen LogP contribution < -0.4 is 11.5 Å². The van der Waals surface area contributed by atoms with Crippen LogP contribution >= 0.6 is 21.6 Å². The molecule has 20 heavy (non-hydrogen) atoms. The lowest BCUT2D eigenvalue weighted by atomic mass is 10.2. The van der Waals surface area contributed by atoms with Crippen molar-refractivity contribution in [1.29, 1.82) is 0 Å². The highest BCUT2D eigenvalue weighted by molar-refractivity contribution is 8.78. The molecule has 118 valence electrons. The van der Waals surface area contributed by atoms with E-state index in [9.17, 15) is 18.0 Å². The lowest BCUT2D eigenvalue weighted by molar-refractivity contribution is -0.139. The maximum Gasteiger partial charge on any atom is 0.320 e. The minimum atomic E-state index is -4.46. The Morgan fingerprint density at radius 1 is 1.10 bits per heavy atom. The van der Waals surface area contributed by atoms with Gasteiger partial charge in [-0.05, 0) is 6.42 Å². The van der Waals surface area contributed by atoms with Gasteiger partial charge in [-0.15, -0.1) is 0 Å². The van der Waals surface area contributed by atoms with Crippen LogP contribution in [-0.4, -0.2) is 57.5 Å². The summed E-state index contributed by atoms with van der Waals surface area (Å²) in [6.07, 6.45) is -0.354. The molecule has 0 saturated carbocycles. The van der Waals surface area contributed by atoms with Crippen molar-refractivity contribution in [2.24, 2.45) is 11.5 Å². The van der Waals surface area contributed by atoms with Crippen LogP contribution in [0.15, 0.2) is 0 Å². The van der Waals surface area contributed by atoms with Crippen molar-refractivity contribution in [2.75, 3.05) is 5.75 Å². The summed E-state index contributed by atoms with van der Waals surface area (Å²) in [5, 5.41) is 17.1. The standard InChI is InChI=1S/C8H16N2O7S3/c9-4(7(11)12)1-2-18-19-6(20(15,16)17)3-5(10)8(13)14/h4-6H,1-3,9-10H2,(H,11,12)(H,13,14)(H,15,16,17)/t4-,5-,6?/m0/s1. The maximum absolute atomic E-state index is 11.1. The Morgan fingerprint density at radius 3 is 2.00 bits per heavy atom. The predicted molar refractivity (Wildman–Crippen MR) is 75.8 cm³/mol. The van der Waals surface area contributed by atoms with Gasteiger partial charge in [-0.2, -0.15) is 8.42 Å². The SMILES string of the molecule is N[C@@H](CCSSC(C[C@H](N)C(=O)O)S(=O)(=O)O)C(=O)O. The lowest BCUT2D eigenvalue weighted by Crippen LogP contribution is -2.35. The van der Waals surface area contributed by atoms with E-state index in [1.54, 1.807) is 0 Å². The number of carboxylic acids is 2. The fourth-order valence-electron chi connectivity index (χ4n) is 0.941. The van der Waals surface area contributed by atoms with E-state index in [2.05, 4.69) is 0 Å². The molecule has 0 bridgehead atoms. The number of rotatable bonds is 10. The normalized spacial score (nSPS) is 16.4. The van der Waals surface area contributed by atoms with Crippen molar-refractivity contribution in [3.05, 3.63) is 0 Å². The van der Waals surface area contributed by atoms with E-state index < -0.39 is 45.1 Å². The van der Waals surface area contributed by atoms with Crippen LogP contribution in [0.1, 0.15) is 12.8 Å². The van der Waals surface area contributed by atoms with Crippen LogP contribution in [0.3, 0.4) is 0 Å². The second kappa shape index (κ2) is 8.69. The second-order valence-corrected chi connectivity index (χ2v) is 8.36. The van der Waals surface area contributed by atoms with Gasteiger partial charge in [0.15, 0.2) is 0 Å². The van der Waals surface area contributed by atoms with Crippen LogP contribution in [0.5, 0.6) is 0 Å². The number of hydrogen-bond donors (Lipinski definition) is 5. The molecule has 12 heteroatoms. The van der Waals surface area contributed by atoms with Gasteiger partial charge in [-0.25, -0.2) is 0 Å². The van der Waals surface area contributed by atoms with Crippen LogP contribution in [-0.2, 0) is 19.7 Å². The van der Waals surface area contributed by atoms with Crippen molar-refractivity contribution >= 4 is 43.6 Å². The molecule has 0 aliphatic heterocycles. The van der Waals surface area contributed by atoms with E-state index in [-0.39, 0.29) is 12.2 Å². The number of carboxylic acid groups (broad SMARTS) is 2. The molecule has 0 aromatic carbocycles. The minimum Gasteiger partial charge on any atom is -0.480 e. The molecular weight excluding hydrogens is 332 g/mol. The van der Waals surface area contributed by atoms with Crippen molar-refractivity contribution in [3.63, 3.8) is 0 Å². The smallest absolute Gasteiger partial charge is 0.320 e. The van der Waals surface area contributed by atoms with E-state index >= 15 is 0 Å². The number of hydrogen-bond acceptors (Lipinski definition) is 8. The third kappa shape index (κ3) is 7.91. The van der Waals surface area contributed by atoms with Gasteiger partial charge in [0, 0.05) is 12.2 Å². The fourth-order valence-corrected chi connectivity index (χ4v) is 5.33. The Bertz CT molecular complexity index is 441. The highest BCUT2D eigenvalue weighted by Gasteiger charge is 2.29. The average Bonchev–Trinajstić information content (AvgIpc) is 2.30. The van der Waals surface area contributed by atoms with Gasteiger partial charge >= 0.3 is 11.9 Å². The molecule has 0 aliphatic carbocycles. The summed E-state index contributed by atoms with van der Waals surface area (Å²) >= 11 is 0. The maximum atomic E-state index is 11.1. The molecule has 0 saturated heterocycles. The summed E-state index contributed by atoms with van der Waals surface area (Å²) in [5.74, 6) is -2.32. The lowest BCUT2D eigenvalue weighted by Gasteiger charge is -2.15. The molecule has 7 N–H and O–H groups in total. The van der Waals surface area contributed by atoms with E-state index in [1.807, 2.05) is 0 Å². The van der Waals surface area contributed by atoms with Crippen LogP contribution in [0.25, 0.3) is 0 Å². The third-order valence-corrected chi connectivity index (χ3v) is 6.89. The molecule has 0 heterocycles. The third-order valence-electron chi connectivity index (χ3n) is 2.10. The number of aliphatic carboxylic acids is 2. The van der Waals surface area contributed by atoms with E-state index in [0.717, 1.165) is 10.8 Å². The van der Waals surface area contributed by atoms with Crippen molar-refractivity contribution < 1.29 is 32.8 Å².